The van der Waals surface area contributed by atoms with Crippen LogP contribution < -0.4 is 20.3 Å². The first-order chi connectivity index (χ1) is 18.7. The summed E-state index contributed by atoms with van der Waals surface area (Å²) in [5, 5.41) is 11.3. The highest BCUT2D eigenvalue weighted by molar-refractivity contribution is 6.05. The van der Waals surface area contributed by atoms with Gasteiger partial charge in [-0.15, -0.1) is 0 Å². The largest absolute Gasteiger partial charge is 0.494 e. The molecular formula is C28H32N8O3. The van der Waals surface area contributed by atoms with Gasteiger partial charge in [-0.1, -0.05) is 24.8 Å². The van der Waals surface area contributed by atoms with Crippen LogP contribution in [-0.2, 0) is 4.79 Å². The SMILES string of the molecule is C=CC(=O)Nc1cc(Nc2nccc(-n3nc(C(C)=O)c4ccccc43)n2)c(OC)cc1N(C)CCN(C)C. The molecule has 0 saturated heterocycles. The molecule has 2 aromatic heterocycles. The fourth-order valence-electron chi connectivity index (χ4n) is 4.05. The van der Waals surface area contributed by atoms with Crippen molar-refractivity contribution in [2.75, 3.05) is 56.9 Å². The predicted molar refractivity (Wildman–Crippen MR) is 154 cm³/mol. The molecule has 1 amide bonds. The Kier molecular flexibility index (Phi) is 8.21. The Morgan fingerprint density at radius 3 is 2.56 bits per heavy atom. The van der Waals surface area contributed by atoms with Crippen LogP contribution in [0.5, 0.6) is 5.75 Å². The van der Waals surface area contributed by atoms with E-state index in [1.165, 1.54) is 13.0 Å². The zero-order chi connectivity index (χ0) is 28.1. The molecule has 2 N–H and O–H groups in total. The number of hydrogen-bond acceptors (Lipinski definition) is 9. The summed E-state index contributed by atoms with van der Waals surface area (Å²) >= 11 is 0. The van der Waals surface area contributed by atoms with E-state index < -0.39 is 0 Å². The summed E-state index contributed by atoms with van der Waals surface area (Å²) in [6.45, 7) is 6.60. The van der Waals surface area contributed by atoms with E-state index in [-0.39, 0.29) is 17.6 Å². The number of nitrogens with zero attached hydrogens (tertiary/aromatic N) is 6. The second-order valence-electron chi connectivity index (χ2n) is 9.19. The number of para-hydroxylation sites is 1. The minimum atomic E-state index is -0.335. The van der Waals surface area contributed by atoms with Crippen LogP contribution in [0, 0.1) is 0 Å². The summed E-state index contributed by atoms with van der Waals surface area (Å²) in [5.74, 6) is 0.834. The van der Waals surface area contributed by atoms with Crippen molar-refractivity contribution in [2.24, 2.45) is 0 Å². The van der Waals surface area contributed by atoms with Gasteiger partial charge in [0.05, 0.1) is 29.7 Å². The average molecular weight is 529 g/mol. The third-order valence-electron chi connectivity index (χ3n) is 6.08. The molecule has 0 aliphatic carbocycles. The minimum Gasteiger partial charge on any atom is -0.494 e. The van der Waals surface area contributed by atoms with Crippen molar-refractivity contribution in [1.82, 2.24) is 24.6 Å². The monoisotopic (exact) mass is 528 g/mol. The second-order valence-corrected chi connectivity index (χ2v) is 9.19. The number of Topliss-reactive ketones (excluding diaryl/α,β-unsaturated/α-hetero) is 1. The highest BCUT2D eigenvalue weighted by Gasteiger charge is 2.18. The maximum absolute atomic E-state index is 12.2. The molecule has 202 valence electrons. The Morgan fingerprint density at radius 1 is 1.10 bits per heavy atom. The Labute approximate surface area is 227 Å². The van der Waals surface area contributed by atoms with E-state index in [0.29, 0.717) is 28.6 Å². The van der Waals surface area contributed by atoms with Crippen molar-refractivity contribution in [2.45, 2.75) is 6.92 Å². The summed E-state index contributed by atoms with van der Waals surface area (Å²) in [7, 11) is 7.53. The van der Waals surface area contributed by atoms with Crippen LogP contribution in [0.3, 0.4) is 0 Å². The van der Waals surface area contributed by atoms with E-state index in [1.807, 2.05) is 56.4 Å². The molecule has 39 heavy (non-hydrogen) atoms. The number of ether oxygens (including phenoxy) is 1. The lowest BCUT2D eigenvalue weighted by Gasteiger charge is -2.26. The van der Waals surface area contributed by atoms with Gasteiger partial charge in [0.1, 0.15) is 11.4 Å². The van der Waals surface area contributed by atoms with Gasteiger partial charge >= 0.3 is 0 Å². The Balaban J connectivity index is 1.73. The van der Waals surface area contributed by atoms with Crippen molar-refractivity contribution in [3.63, 3.8) is 0 Å². The molecule has 0 atom stereocenters. The number of methoxy groups -OCH3 is 1. The summed E-state index contributed by atoms with van der Waals surface area (Å²) in [6, 6.07) is 12.8. The van der Waals surface area contributed by atoms with Gasteiger partial charge < -0.3 is 25.2 Å². The fraction of sp³-hybridized carbons (Fsp3) is 0.250. The maximum Gasteiger partial charge on any atom is 0.247 e. The van der Waals surface area contributed by atoms with E-state index in [0.717, 1.165) is 29.7 Å². The Morgan fingerprint density at radius 2 is 1.87 bits per heavy atom. The Hall–Kier alpha value is -4.77. The van der Waals surface area contributed by atoms with Gasteiger partial charge in [0, 0.05) is 50.8 Å². The number of amides is 1. The molecule has 0 aliphatic heterocycles. The van der Waals surface area contributed by atoms with Crippen LogP contribution in [0.4, 0.5) is 23.0 Å². The molecule has 4 aromatic rings. The topological polar surface area (TPSA) is 118 Å². The molecule has 2 aromatic carbocycles. The number of nitrogens with one attached hydrogen (secondary N) is 2. The number of benzene rings is 2. The molecular weight excluding hydrogens is 496 g/mol. The number of anilines is 4. The van der Waals surface area contributed by atoms with Gasteiger partial charge in [-0.25, -0.2) is 9.67 Å². The van der Waals surface area contributed by atoms with Crippen LogP contribution >= 0.6 is 0 Å². The second kappa shape index (κ2) is 11.7. The molecule has 0 saturated carbocycles. The Bertz CT molecular complexity index is 1530. The zero-order valence-electron chi connectivity index (χ0n) is 22.7. The third-order valence-corrected chi connectivity index (χ3v) is 6.08. The van der Waals surface area contributed by atoms with Crippen molar-refractivity contribution in [3.8, 4) is 11.6 Å². The summed E-state index contributed by atoms with van der Waals surface area (Å²) in [5.41, 5.74) is 3.03. The van der Waals surface area contributed by atoms with Crippen LogP contribution in [0.2, 0.25) is 0 Å². The highest BCUT2D eigenvalue weighted by Crippen LogP contribution is 2.38. The van der Waals surface area contributed by atoms with Crippen LogP contribution in [0.1, 0.15) is 17.4 Å². The minimum absolute atomic E-state index is 0.133. The molecule has 0 fully saturated rings. The standard InChI is InChI=1S/C28H32N8O3/c1-7-26(38)30-20-16-21(24(39-6)17-23(20)35(5)15-14-34(3)4)31-28-29-13-12-25(32-28)36-22-11-9-8-10-19(22)27(33-36)18(2)37/h7-13,16-17H,1,14-15H2,2-6H3,(H,30,38)(H,29,31,32). The number of ketones is 1. The lowest BCUT2D eigenvalue weighted by Crippen LogP contribution is -2.29. The number of carbonyl (C=O) groups is 2. The van der Waals surface area contributed by atoms with Crippen LogP contribution in [0.15, 0.2) is 61.3 Å². The number of likely N-dealkylation sites (N-methyl/N-ethyl adjacent to an activating group) is 2. The number of rotatable bonds is 11. The summed E-state index contributed by atoms with van der Waals surface area (Å²) < 4.78 is 7.30. The molecule has 0 aliphatic rings. The van der Waals surface area contributed by atoms with Gasteiger partial charge in [0.15, 0.2) is 11.6 Å². The van der Waals surface area contributed by atoms with E-state index in [9.17, 15) is 9.59 Å². The molecule has 11 nitrogen and oxygen atoms in total. The first kappa shape index (κ1) is 27.3. The molecule has 0 unspecified atom stereocenters. The van der Waals surface area contributed by atoms with Crippen LogP contribution in [-0.4, -0.2) is 77.7 Å². The third kappa shape index (κ3) is 6.04. The van der Waals surface area contributed by atoms with E-state index in [1.54, 1.807) is 30.1 Å². The number of fused-ring (bicyclic) bond motifs is 1. The predicted octanol–water partition coefficient (Wildman–Crippen LogP) is 3.89. The van der Waals surface area contributed by atoms with Gasteiger partial charge in [0.25, 0.3) is 0 Å². The van der Waals surface area contributed by atoms with Crippen molar-refractivity contribution in [3.05, 3.63) is 67.0 Å². The normalized spacial score (nSPS) is 10.9. The molecule has 0 spiro atoms. The zero-order valence-corrected chi connectivity index (χ0v) is 22.7. The van der Waals surface area contributed by atoms with E-state index >= 15 is 0 Å². The number of aromatic nitrogens is 4. The summed E-state index contributed by atoms with van der Waals surface area (Å²) in [4.78, 5) is 37.6. The lowest BCUT2D eigenvalue weighted by molar-refractivity contribution is -0.111. The maximum atomic E-state index is 12.2. The molecule has 11 heteroatoms. The van der Waals surface area contributed by atoms with Crippen molar-refractivity contribution >= 4 is 45.6 Å². The number of carbonyl (C=O) groups excluding carboxylic acids is 2. The average Bonchev–Trinajstić information content (AvgIpc) is 3.32. The lowest BCUT2D eigenvalue weighted by atomic mass is 10.2. The van der Waals surface area contributed by atoms with Gasteiger partial charge in [0.2, 0.25) is 11.9 Å². The summed E-state index contributed by atoms with van der Waals surface area (Å²) in [6.07, 6.45) is 2.82. The van der Waals surface area contributed by atoms with Gasteiger partial charge in [-0.2, -0.15) is 10.1 Å². The van der Waals surface area contributed by atoms with E-state index in [4.69, 9.17) is 4.74 Å². The molecule has 4 rings (SSSR count). The smallest absolute Gasteiger partial charge is 0.247 e. The first-order valence-electron chi connectivity index (χ1n) is 12.3. The molecule has 0 radical (unpaired) electrons. The molecule has 2 heterocycles. The first-order valence-corrected chi connectivity index (χ1v) is 12.3. The van der Waals surface area contributed by atoms with Crippen LogP contribution in [0.25, 0.3) is 16.7 Å². The fourth-order valence-corrected chi connectivity index (χ4v) is 4.05. The van der Waals surface area contributed by atoms with Crippen molar-refractivity contribution in [1.29, 1.82) is 0 Å². The molecule has 0 bridgehead atoms. The van der Waals surface area contributed by atoms with Crippen molar-refractivity contribution < 1.29 is 14.3 Å². The quantitative estimate of drug-likeness (QED) is 0.221. The van der Waals surface area contributed by atoms with Gasteiger partial charge in [-0.05, 0) is 32.3 Å². The van der Waals surface area contributed by atoms with Gasteiger partial charge in [-0.3, -0.25) is 9.59 Å². The number of hydrogen-bond donors (Lipinski definition) is 2. The van der Waals surface area contributed by atoms with E-state index in [2.05, 4.69) is 37.2 Å². The highest BCUT2D eigenvalue weighted by atomic mass is 16.5.